The smallest absolute Gasteiger partial charge is 0.0607 e. The molecule has 1 N–H and O–H groups in total. The van der Waals surface area contributed by atoms with E-state index >= 15 is 0 Å². The van der Waals surface area contributed by atoms with Crippen molar-refractivity contribution in [3.05, 3.63) is 24.3 Å². The summed E-state index contributed by atoms with van der Waals surface area (Å²) in [5.41, 5.74) is 0.0640. The zero-order valence-corrected chi connectivity index (χ0v) is 10.3. The Morgan fingerprint density at radius 1 is 1.13 bits per heavy atom. The highest BCUT2D eigenvalue weighted by atomic mass is 16.5. The molecule has 1 aliphatic carbocycles. The molecule has 0 aromatic rings. The van der Waals surface area contributed by atoms with Gasteiger partial charge in [-0.1, -0.05) is 38.2 Å². The third kappa shape index (κ3) is 4.18. The summed E-state index contributed by atoms with van der Waals surface area (Å²) >= 11 is 0. The second kappa shape index (κ2) is 5.47. The van der Waals surface area contributed by atoms with Gasteiger partial charge in [-0.05, 0) is 13.8 Å². The molecule has 0 saturated heterocycles. The summed E-state index contributed by atoms with van der Waals surface area (Å²) in [6.45, 7) is 10.2. The average Bonchev–Trinajstić information content (AvgIpc) is 2.61. The van der Waals surface area contributed by atoms with Crippen molar-refractivity contribution >= 4 is 0 Å². The molecule has 0 fully saturated rings. The zero-order valence-electron chi connectivity index (χ0n) is 10.3. The lowest BCUT2D eigenvalue weighted by Gasteiger charge is -2.27. The van der Waals surface area contributed by atoms with Crippen LogP contribution in [0.3, 0.4) is 0 Å². The van der Waals surface area contributed by atoms with Gasteiger partial charge in [0.25, 0.3) is 0 Å². The van der Waals surface area contributed by atoms with E-state index in [0.29, 0.717) is 12.1 Å². The average molecular weight is 209 g/mol. The standard InChI is InChI=1S/C13H23NO/c1-11(2)14-9-13(7-5-6-8-13)10-15-12(3)4/h5-8,11-12,14H,9-10H2,1-4H3. The van der Waals surface area contributed by atoms with Gasteiger partial charge in [0.1, 0.15) is 0 Å². The quantitative estimate of drug-likeness (QED) is 0.726. The lowest BCUT2D eigenvalue weighted by atomic mass is 9.91. The lowest BCUT2D eigenvalue weighted by molar-refractivity contribution is 0.0416. The van der Waals surface area contributed by atoms with E-state index in [9.17, 15) is 0 Å². The summed E-state index contributed by atoms with van der Waals surface area (Å²) in [6.07, 6.45) is 8.95. The number of hydrogen-bond donors (Lipinski definition) is 1. The molecule has 0 saturated carbocycles. The van der Waals surface area contributed by atoms with Crippen LogP contribution >= 0.6 is 0 Å². The van der Waals surface area contributed by atoms with Gasteiger partial charge in [-0.3, -0.25) is 0 Å². The minimum atomic E-state index is 0.0640. The van der Waals surface area contributed by atoms with E-state index in [1.807, 2.05) is 0 Å². The van der Waals surface area contributed by atoms with Crippen molar-refractivity contribution in [2.45, 2.75) is 39.8 Å². The molecule has 1 rings (SSSR count). The van der Waals surface area contributed by atoms with Gasteiger partial charge in [0, 0.05) is 18.0 Å². The predicted molar refractivity (Wildman–Crippen MR) is 64.9 cm³/mol. The van der Waals surface area contributed by atoms with Crippen molar-refractivity contribution in [2.24, 2.45) is 5.41 Å². The molecule has 0 aromatic heterocycles. The molecule has 2 nitrogen and oxygen atoms in total. The van der Waals surface area contributed by atoms with E-state index in [-0.39, 0.29) is 5.41 Å². The fraction of sp³-hybridized carbons (Fsp3) is 0.692. The number of hydrogen-bond acceptors (Lipinski definition) is 2. The first-order chi connectivity index (χ1) is 7.04. The molecule has 0 aromatic carbocycles. The summed E-state index contributed by atoms with van der Waals surface area (Å²) in [5.74, 6) is 0. The molecule has 86 valence electrons. The van der Waals surface area contributed by atoms with Crippen LogP contribution in [0.15, 0.2) is 24.3 Å². The van der Waals surface area contributed by atoms with Gasteiger partial charge < -0.3 is 10.1 Å². The van der Waals surface area contributed by atoms with Crippen molar-refractivity contribution in [1.82, 2.24) is 5.32 Å². The summed E-state index contributed by atoms with van der Waals surface area (Å²) < 4.78 is 5.72. The van der Waals surface area contributed by atoms with Crippen molar-refractivity contribution < 1.29 is 4.74 Å². The first-order valence-electron chi connectivity index (χ1n) is 5.76. The number of nitrogens with one attached hydrogen (secondary N) is 1. The van der Waals surface area contributed by atoms with Gasteiger partial charge in [0.2, 0.25) is 0 Å². The fourth-order valence-corrected chi connectivity index (χ4v) is 1.53. The van der Waals surface area contributed by atoms with Crippen LogP contribution in [-0.2, 0) is 4.74 Å². The molecule has 1 aliphatic rings. The number of ether oxygens (including phenoxy) is 1. The van der Waals surface area contributed by atoms with E-state index in [2.05, 4.69) is 57.3 Å². The predicted octanol–water partition coefficient (Wildman–Crippen LogP) is 2.52. The Morgan fingerprint density at radius 2 is 1.73 bits per heavy atom. The minimum absolute atomic E-state index is 0.0640. The Bertz CT molecular complexity index is 215. The second-order valence-corrected chi connectivity index (χ2v) is 4.85. The first-order valence-corrected chi connectivity index (χ1v) is 5.76. The van der Waals surface area contributed by atoms with Crippen LogP contribution < -0.4 is 5.32 Å². The molecule has 0 heterocycles. The van der Waals surface area contributed by atoms with Crippen LogP contribution in [0.1, 0.15) is 27.7 Å². The molecular weight excluding hydrogens is 186 g/mol. The zero-order chi connectivity index (χ0) is 11.3. The molecule has 0 aliphatic heterocycles. The Morgan fingerprint density at radius 3 is 2.20 bits per heavy atom. The maximum atomic E-state index is 5.72. The summed E-state index contributed by atoms with van der Waals surface area (Å²) in [4.78, 5) is 0. The van der Waals surface area contributed by atoms with E-state index in [4.69, 9.17) is 4.74 Å². The minimum Gasteiger partial charge on any atom is -0.378 e. The molecule has 0 bridgehead atoms. The van der Waals surface area contributed by atoms with Crippen molar-refractivity contribution in [1.29, 1.82) is 0 Å². The van der Waals surface area contributed by atoms with Gasteiger partial charge in [0.05, 0.1) is 12.7 Å². The van der Waals surface area contributed by atoms with Crippen LogP contribution in [0.25, 0.3) is 0 Å². The topological polar surface area (TPSA) is 21.3 Å². The highest BCUT2D eigenvalue weighted by molar-refractivity contribution is 5.25. The Hall–Kier alpha value is -0.600. The number of allylic oxidation sites excluding steroid dienone is 2. The Kier molecular flexibility index (Phi) is 4.55. The fourth-order valence-electron chi connectivity index (χ4n) is 1.53. The maximum Gasteiger partial charge on any atom is 0.0607 e. The highest BCUT2D eigenvalue weighted by Gasteiger charge is 2.26. The van der Waals surface area contributed by atoms with E-state index < -0.39 is 0 Å². The van der Waals surface area contributed by atoms with Crippen LogP contribution in [0.5, 0.6) is 0 Å². The van der Waals surface area contributed by atoms with Crippen molar-refractivity contribution in [2.75, 3.05) is 13.2 Å². The first kappa shape index (κ1) is 12.5. The van der Waals surface area contributed by atoms with Gasteiger partial charge in [-0.25, -0.2) is 0 Å². The lowest BCUT2D eigenvalue weighted by Crippen LogP contribution is -2.38. The molecular formula is C13H23NO. The van der Waals surface area contributed by atoms with Gasteiger partial charge >= 0.3 is 0 Å². The second-order valence-electron chi connectivity index (χ2n) is 4.85. The molecule has 0 radical (unpaired) electrons. The Balaban J connectivity index is 2.48. The summed E-state index contributed by atoms with van der Waals surface area (Å²) in [6, 6.07) is 0.517. The van der Waals surface area contributed by atoms with E-state index in [1.54, 1.807) is 0 Å². The summed E-state index contributed by atoms with van der Waals surface area (Å²) in [7, 11) is 0. The van der Waals surface area contributed by atoms with Crippen molar-refractivity contribution in [3.8, 4) is 0 Å². The van der Waals surface area contributed by atoms with Crippen LogP contribution in [-0.4, -0.2) is 25.3 Å². The van der Waals surface area contributed by atoms with Crippen LogP contribution in [0, 0.1) is 5.41 Å². The summed E-state index contributed by atoms with van der Waals surface area (Å²) in [5, 5.41) is 3.47. The maximum absolute atomic E-state index is 5.72. The van der Waals surface area contributed by atoms with E-state index in [1.165, 1.54) is 0 Å². The SMILES string of the molecule is CC(C)NCC1(COC(C)C)C=CC=C1. The van der Waals surface area contributed by atoms with Crippen molar-refractivity contribution in [3.63, 3.8) is 0 Å². The highest BCUT2D eigenvalue weighted by Crippen LogP contribution is 2.26. The third-order valence-corrected chi connectivity index (χ3v) is 2.49. The van der Waals surface area contributed by atoms with E-state index in [0.717, 1.165) is 13.2 Å². The van der Waals surface area contributed by atoms with Gasteiger partial charge in [-0.15, -0.1) is 0 Å². The normalized spacial score (nSPS) is 18.3. The Labute approximate surface area is 93.4 Å². The van der Waals surface area contributed by atoms with Gasteiger partial charge in [-0.2, -0.15) is 0 Å². The van der Waals surface area contributed by atoms with Crippen LogP contribution in [0.4, 0.5) is 0 Å². The molecule has 0 spiro atoms. The molecule has 2 heteroatoms. The van der Waals surface area contributed by atoms with Crippen LogP contribution in [0.2, 0.25) is 0 Å². The monoisotopic (exact) mass is 209 g/mol. The third-order valence-electron chi connectivity index (χ3n) is 2.49. The largest absolute Gasteiger partial charge is 0.378 e. The molecule has 0 unspecified atom stereocenters. The number of rotatable bonds is 6. The molecule has 0 atom stereocenters. The van der Waals surface area contributed by atoms with Gasteiger partial charge in [0.15, 0.2) is 0 Å². The molecule has 0 amide bonds. The molecule has 15 heavy (non-hydrogen) atoms.